The molecule has 10 nitrogen and oxygen atoms in total. The van der Waals surface area contributed by atoms with Gasteiger partial charge in [-0.15, -0.1) is 0 Å². The van der Waals surface area contributed by atoms with Crippen LogP contribution in [-0.2, 0) is 4.79 Å². The number of piperazine rings is 1. The van der Waals surface area contributed by atoms with Crippen LogP contribution in [0.3, 0.4) is 0 Å². The summed E-state index contributed by atoms with van der Waals surface area (Å²) in [4.78, 5) is 44.9. The van der Waals surface area contributed by atoms with Gasteiger partial charge in [0.25, 0.3) is 11.8 Å². The molecule has 40 heavy (non-hydrogen) atoms. The number of likely N-dealkylation sites (tertiary alicyclic amines) is 1. The highest BCUT2D eigenvalue weighted by Gasteiger charge is 2.22. The smallest absolute Gasteiger partial charge is 0.254 e. The Morgan fingerprint density at radius 3 is 2.23 bits per heavy atom. The van der Waals surface area contributed by atoms with Crippen LogP contribution in [0, 0.1) is 0 Å². The average Bonchev–Trinajstić information content (AvgIpc) is 2.98. The molecule has 2 saturated heterocycles. The van der Waals surface area contributed by atoms with E-state index in [0.29, 0.717) is 35.6 Å². The molecule has 0 aromatic heterocycles. The summed E-state index contributed by atoms with van der Waals surface area (Å²) in [6.45, 7) is 6.83. The number of nitrogens with zero attached hydrogens (tertiary/aromatic N) is 4. The molecule has 0 aliphatic carbocycles. The van der Waals surface area contributed by atoms with Crippen molar-refractivity contribution in [3.8, 4) is 0 Å². The number of guanidine groups is 1. The molecule has 2 aromatic carbocycles. The molecule has 5 rings (SSSR count). The topological polar surface area (TPSA) is 123 Å². The van der Waals surface area contributed by atoms with Crippen molar-refractivity contribution in [2.24, 2.45) is 10.7 Å². The summed E-state index contributed by atoms with van der Waals surface area (Å²) in [5, 5.41) is 4.39. The highest BCUT2D eigenvalue weighted by atomic mass is 16.2. The zero-order valence-corrected chi connectivity index (χ0v) is 22.3. The number of aliphatic imine (C=N–C) groups is 1. The van der Waals surface area contributed by atoms with E-state index < -0.39 is 0 Å². The second kappa shape index (κ2) is 11.9. The Bertz CT molecular complexity index is 1390. The fourth-order valence-corrected chi connectivity index (χ4v) is 4.94. The van der Waals surface area contributed by atoms with Gasteiger partial charge in [0.05, 0.1) is 17.9 Å². The number of piperidine rings is 1. The Morgan fingerprint density at radius 2 is 1.55 bits per heavy atom. The number of nitrogens with two attached hydrogens (primary N) is 1. The van der Waals surface area contributed by atoms with Gasteiger partial charge in [0, 0.05) is 49.1 Å². The molecule has 0 spiro atoms. The molecule has 206 valence electrons. The Balaban J connectivity index is 1.20. The third kappa shape index (κ3) is 6.06. The second-order valence-corrected chi connectivity index (χ2v) is 9.90. The quantitative estimate of drug-likeness (QED) is 0.397. The molecule has 0 saturated carbocycles. The lowest BCUT2D eigenvalue weighted by Crippen LogP contribution is -2.49. The first kappa shape index (κ1) is 26.7. The lowest BCUT2D eigenvalue weighted by molar-refractivity contribution is -0.123. The number of nitrogens with one attached hydrogen (secondary N) is 2. The van der Waals surface area contributed by atoms with E-state index in [2.05, 4.69) is 22.3 Å². The SMILES string of the molecule is C=C1C(c2ccc(C(=O)N3CCCCC3)cc2)=CC=CN1NC(N)=Nc1ccc(C(=O)N2CCNC(=O)C2)cc1. The molecule has 4 N–H and O–H groups in total. The molecular weight excluding hydrogens is 506 g/mol. The predicted molar refractivity (Wildman–Crippen MR) is 154 cm³/mol. The fourth-order valence-electron chi connectivity index (χ4n) is 4.94. The van der Waals surface area contributed by atoms with Gasteiger partial charge in [-0.1, -0.05) is 24.8 Å². The van der Waals surface area contributed by atoms with E-state index in [1.165, 1.54) is 11.3 Å². The molecule has 3 amide bonds. The normalized spacial score (nSPS) is 17.9. The maximum atomic E-state index is 12.8. The van der Waals surface area contributed by atoms with Crippen molar-refractivity contribution in [1.29, 1.82) is 0 Å². The Hall–Kier alpha value is -4.86. The predicted octanol–water partition coefficient (Wildman–Crippen LogP) is 2.76. The number of allylic oxidation sites excluding steroid dienone is 3. The summed E-state index contributed by atoms with van der Waals surface area (Å²) < 4.78 is 0. The van der Waals surface area contributed by atoms with Gasteiger partial charge in [-0.3, -0.25) is 24.8 Å². The molecule has 2 aromatic rings. The summed E-state index contributed by atoms with van der Waals surface area (Å²) >= 11 is 0. The molecule has 0 radical (unpaired) electrons. The van der Waals surface area contributed by atoms with Crippen molar-refractivity contribution in [2.75, 3.05) is 32.7 Å². The molecule has 3 aliphatic rings. The number of carbonyl (C=O) groups excluding carboxylic acids is 3. The molecule has 0 bridgehead atoms. The van der Waals surface area contributed by atoms with Crippen LogP contribution in [0.5, 0.6) is 0 Å². The summed E-state index contributed by atoms with van der Waals surface area (Å²) in [5.74, 6) is -0.145. The van der Waals surface area contributed by atoms with Crippen LogP contribution in [-0.4, -0.2) is 71.2 Å². The van der Waals surface area contributed by atoms with Crippen LogP contribution in [0.2, 0.25) is 0 Å². The van der Waals surface area contributed by atoms with Crippen molar-refractivity contribution in [1.82, 2.24) is 25.6 Å². The van der Waals surface area contributed by atoms with Crippen molar-refractivity contribution in [2.45, 2.75) is 19.3 Å². The van der Waals surface area contributed by atoms with Gasteiger partial charge in [0.1, 0.15) is 0 Å². The summed E-state index contributed by atoms with van der Waals surface area (Å²) in [5.41, 5.74) is 13.4. The van der Waals surface area contributed by atoms with E-state index in [9.17, 15) is 14.4 Å². The number of rotatable bonds is 5. The molecule has 0 unspecified atom stereocenters. The number of hydrogen-bond donors (Lipinski definition) is 3. The molecule has 2 fully saturated rings. The van der Waals surface area contributed by atoms with Crippen LogP contribution in [0.1, 0.15) is 45.5 Å². The van der Waals surface area contributed by atoms with Crippen LogP contribution < -0.4 is 16.5 Å². The van der Waals surface area contributed by atoms with E-state index >= 15 is 0 Å². The Labute approximate surface area is 233 Å². The monoisotopic (exact) mass is 539 g/mol. The number of amides is 3. The van der Waals surface area contributed by atoms with Crippen molar-refractivity contribution in [3.05, 3.63) is 95.8 Å². The lowest BCUT2D eigenvalue weighted by atomic mass is 9.99. The highest BCUT2D eigenvalue weighted by Crippen LogP contribution is 2.28. The minimum atomic E-state index is -0.200. The van der Waals surface area contributed by atoms with Crippen molar-refractivity contribution < 1.29 is 14.4 Å². The van der Waals surface area contributed by atoms with Crippen LogP contribution in [0.15, 0.2) is 84.2 Å². The third-order valence-electron chi connectivity index (χ3n) is 7.11. The number of benzene rings is 2. The second-order valence-electron chi connectivity index (χ2n) is 9.90. The summed E-state index contributed by atoms with van der Waals surface area (Å²) in [7, 11) is 0. The van der Waals surface area contributed by atoms with Gasteiger partial charge in [0.2, 0.25) is 11.9 Å². The van der Waals surface area contributed by atoms with Gasteiger partial charge in [-0.25, -0.2) is 4.99 Å². The first-order valence-corrected chi connectivity index (χ1v) is 13.4. The molecule has 0 atom stereocenters. The van der Waals surface area contributed by atoms with Gasteiger partial charge in [-0.05, 0) is 67.3 Å². The molecular formula is C30H33N7O3. The maximum absolute atomic E-state index is 12.8. The van der Waals surface area contributed by atoms with Crippen LogP contribution >= 0.6 is 0 Å². The maximum Gasteiger partial charge on any atom is 0.254 e. The molecule has 3 heterocycles. The van der Waals surface area contributed by atoms with Crippen LogP contribution in [0.4, 0.5) is 5.69 Å². The van der Waals surface area contributed by atoms with E-state index in [1.54, 1.807) is 35.5 Å². The fraction of sp³-hybridized carbons (Fsp3) is 0.267. The minimum absolute atomic E-state index is 0.0557. The molecule has 10 heteroatoms. The van der Waals surface area contributed by atoms with Crippen molar-refractivity contribution in [3.63, 3.8) is 0 Å². The van der Waals surface area contributed by atoms with Crippen molar-refractivity contribution >= 4 is 34.9 Å². The Kier molecular flexibility index (Phi) is 7.95. The van der Waals surface area contributed by atoms with E-state index in [0.717, 1.165) is 37.1 Å². The van der Waals surface area contributed by atoms with E-state index in [-0.39, 0.29) is 30.2 Å². The van der Waals surface area contributed by atoms with Gasteiger partial charge in [0.15, 0.2) is 0 Å². The third-order valence-corrected chi connectivity index (χ3v) is 7.11. The van der Waals surface area contributed by atoms with Gasteiger partial charge < -0.3 is 20.9 Å². The van der Waals surface area contributed by atoms with Crippen LogP contribution in [0.25, 0.3) is 5.57 Å². The summed E-state index contributed by atoms with van der Waals surface area (Å²) in [6, 6.07) is 14.3. The number of carbonyl (C=O) groups is 3. The van der Waals surface area contributed by atoms with E-state index in [4.69, 9.17) is 5.73 Å². The highest BCUT2D eigenvalue weighted by molar-refractivity contribution is 5.97. The number of hydrogen-bond acceptors (Lipinski definition) is 5. The zero-order valence-electron chi connectivity index (χ0n) is 22.3. The van der Waals surface area contributed by atoms with E-state index in [1.807, 2.05) is 41.3 Å². The Morgan fingerprint density at radius 1 is 0.900 bits per heavy atom. The zero-order chi connectivity index (χ0) is 28.1. The largest absolute Gasteiger partial charge is 0.368 e. The lowest BCUT2D eigenvalue weighted by Gasteiger charge is -2.28. The summed E-state index contributed by atoms with van der Waals surface area (Å²) in [6.07, 6.45) is 8.92. The average molecular weight is 540 g/mol. The van der Waals surface area contributed by atoms with Gasteiger partial charge in [-0.2, -0.15) is 0 Å². The molecule has 3 aliphatic heterocycles. The van der Waals surface area contributed by atoms with Gasteiger partial charge >= 0.3 is 0 Å². The first-order valence-electron chi connectivity index (χ1n) is 13.4. The minimum Gasteiger partial charge on any atom is -0.368 e. The number of hydrazine groups is 1. The standard InChI is InChI=1S/C30H33N7O3/c1-21-26(22-7-9-23(10-8-22)28(39)35-16-3-2-4-17-35)6-5-18-37(21)34-30(31)33-25-13-11-24(12-14-25)29(40)36-19-15-32-27(38)20-36/h5-14,18H,1-4,15-17,19-20H2,(H,32,38)(H3,31,33,34). The first-order chi connectivity index (χ1) is 19.4.